The van der Waals surface area contributed by atoms with Crippen LogP contribution in [0.15, 0.2) is 75.6 Å². The maximum absolute atomic E-state index is 13.7. The summed E-state index contributed by atoms with van der Waals surface area (Å²) in [6, 6.07) is 17.0. The number of nitrogens with zero attached hydrogens (tertiary/aromatic N) is 2. The SMILES string of the molecule is CC[C@@H](Nc1c(Nc2cccc(C(=O)N(C)C)c2O)c(=O)n(-c2ccccc2)[nH]c1=O)c1cccs1. The minimum atomic E-state index is -0.534. The van der Waals surface area contributed by atoms with E-state index in [-0.39, 0.29) is 34.4 Å². The lowest BCUT2D eigenvalue weighted by atomic mass is 10.1. The Balaban J connectivity index is 1.87. The van der Waals surface area contributed by atoms with Crippen LogP contribution in [0.4, 0.5) is 17.1 Å². The molecule has 4 aromatic rings. The van der Waals surface area contributed by atoms with Crippen LogP contribution >= 0.6 is 11.3 Å². The van der Waals surface area contributed by atoms with Crippen LogP contribution in [0, 0.1) is 0 Å². The van der Waals surface area contributed by atoms with Gasteiger partial charge in [-0.1, -0.05) is 37.3 Å². The smallest absolute Gasteiger partial charge is 0.295 e. The molecule has 0 fully saturated rings. The quantitative estimate of drug-likeness (QED) is 0.265. The molecule has 1 atom stereocenters. The van der Waals surface area contributed by atoms with E-state index in [4.69, 9.17) is 0 Å². The van der Waals surface area contributed by atoms with Crippen molar-refractivity contribution in [3.63, 3.8) is 0 Å². The van der Waals surface area contributed by atoms with Gasteiger partial charge in [-0.15, -0.1) is 11.3 Å². The van der Waals surface area contributed by atoms with Gasteiger partial charge in [0.05, 0.1) is 23.0 Å². The highest BCUT2D eigenvalue weighted by molar-refractivity contribution is 7.10. The summed E-state index contributed by atoms with van der Waals surface area (Å²) in [5, 5.41) is 21.6. The zero-order valence-electron chi connectivity index (χ0n) is 20.1. The van der Waals surface area contributed by atoms with Gasteiger partial charge in [0.2, 0.25) is 0 Å². The largest absolute Gasteiger partial charge is 0.505 e. The van der Waals surface area contributed by atoms with Crippen molar-refractivity contribution >= 4 is 34.3 Å². The van der Waals surface area contributed by atoms with Gasteiger partial charge in [-0.3, -0.25) is 19.5 Å². The van der Waals surface area contributed by atoms with Gasteiger partial charge in [0.25, 0.3) is 17.0 Å². The fraction of sp³-hybridized carbons (Fsp3) is 0.192. The molecule has 0 unspecified atom stereocenters. The molecule has 0 bridgehead atoms. The van der Waals surface area contributed by atoms with E-state index in [9.17, 15) is 19.5 Å². The number of carbonyl (C=O) groups excluding carboxylic acids is 1. The van der Waals surface area contributed by atoms with Crippen LogP contribution in [-0.2, 0) is 0 Å². The Hall–Kier alpha value is -4.31. The first-order valence-electron chi connectivity index (χ1n) is 11.4. The molecule has 0 radical (unpaired) electrons. The van der Waals surface area contributed by atoms with E-state index >= 15 is 0 Å². The number of hydrogen-bond donors (Lipinski definition) is 4. The number of phenols is 1. The number of benzene rings is 2. The Kier molecular flexibility index (Phi) is 7.25. The van der Waals surface area contributed by atoms with E-state index in [1.165, 1.54) is 17.0 Å². The Morgan fingerprint density at radius 1 is 1.06 bits per heavy atom. The number of anilines is 3. The van der Waals surface area contributed by atoms with Gasteiger partial charge in [0.15, 0.2) is 5.75 Å². The maximum Gasteiger partial charge on any atom is 0.295 e. The molecule has 0 spiro atoms. The van der Waals surface area contributed by atoms with Crippen molar-refractivity contribution in [3.05, 3.63) is 97.2 Å². The van der Waals surface area contributed by atoms with Crippen LogP contribution in [0.2, 0.25) is 0 Å². The van der Waals surface area contributed by atoms with Gasteiger partial charge in [0.1, 0.15) is 11.4 Å². The monoisotopic (exact) mass is 505 g/mol. The van der Waals surface area contributed by atoms with Crippen LogP contribution < -0.4 is 21.8 Å². The predicted molar refractivity (Wildman–Crippen MR) is 143 cm³/mol. The van der Waals surface area contributed by atoms with Crippen molar-refractivity contribution in [3.8, 4) is 11.4 Å². The average molecular weight is 506 g/mol. The standard InChI is InChI=1S/C26H27N5O4S/c1-4-18(20-14-9-15-36-20)27-21-22(26(35)31(29-24(21)33)16-10-6-5-7-11-16)28-19-13-8-12-17(23(19)32)25(34)30(2)3/h5-15,18,27-28,32H,4H2,1-3H3,(H,29,33)/t18-/m1/s1. The number of aromatic nitrogens is 2. The van der Waals surface area contributed by atoms with Crippen LogP contribution in [0.5, 0.6) is 5.75 Å². The number of H-pyrrole nitrogens is 1. The summed E-state index contributed by atoms with van der Waals surface area (Å²) >= 11 is 1.54. The first-order valence-corrected chi connectivity index (χ1v) is 12.2. The lowest BCUT2D eigenvalue weighted by molar-refractivity contribution is 0.0824. The van der Waals surface area contributed by atoms with Gasteiger partial charge in [-0.05, 0) is 42.1 Å². The van der Waals surface area contributed by atoms with Crippen LogP contribution in [0.25, 0.3) is 5.69 Å². The molecule has 36 heavy (non-hydrogen) atoms. The van der Waals surface area contributed by atoms with E-state index in [1.807, 2.05) is 24.4 Å². The molecule has 2 aromatic heterocycles. The molecule has 4 N–H and O–H groups in total. The second-order valence-electron chi connectivity index (χ2n) is 8.31. The Labute approximate surface area is 211 Å². The summed E-state index contributed by atoms with van der Waals surface area (Å²) in [5.74, 6) is -0.718. The van der Waals surface area contributed by atoms with Crippen molar-refractivity contribution in [2.45, 2.75) is 19.4 Å². The zero-order valence-corrected chi connectivity index (χ0v) is 20.9. The average Bonchev–Trinajstić information content (AvgIpc) is 3.41. The molecular formula is C26H27N5O4S. The number of para-hydroxylation sites is 2. The molecule has 0 saturated heterocycles. The fourth-order valence-electron chi connectivity index (χ4n) is 3.78. The van der Waals surface area contributed by atoms with Crippen molar-refractivity contribution in [1.29, 1.82) is 0 Å². The van der Waals surface area contributed by atoms with E-state index < -0.39 is 17.0 Å². The molecule has 186 valence electrons. The summed E-state index contributed by atoms with van der Waals surface area (Å²) in [4.78, 5) is 41.9. The molecule has 0 saturated carbocycles. The van der Waals surface area contributed by atoms with Gasteiger partial charge < -0.3 is 20.6 Å². The fourth-order valence-corrected chi connectivity index (χ4v) is 4.64. The topological polar surface area (TPSA) is 119 Å². The summed E-state index contributed by atoms with van der Waals surface area (Å²) in [6.07, 6.45) is 0.666. The molecule has 2 heterocycles. The van der Waals surface area contributed by atoms with Gasteiger partial charge in [-0.25, -0.2) is 4.68 Å². The third-order valence-electron chi connectivity index (χ3n) is 5.67. The highest BCUT2D eigenvalue weighted by Gasteiger charge is 2.22. The van der Waals surface area contributed by atoms with Gasteiger partial charge >= 0.3 is 0 Å². The van der Waals surface area contributed by atoms with Crippen LogP contribution in [0.1, 0.15) is 34.6 Å². The predicted octanol–water partition coefficient (Wildman–Crippen LogP) is 4.30. The number of aromatic hydroxyl groups is 1. The third-order valence-corrected chi connectivity index (χ3v) is 6.65. The minimum absolute atomic E-state index is 0.0381. The second kappa shape index (κ2) is 10.5. The number of thiophene rings is 1. The number of phenolic OH excluding ortho intramolecular Hbond substituents is 1. The van der Waals surface area contributed by atoms with E-state index in [2.05, 4.69) is 15.7 Å². The highest BCUT2D eigenvalue weighted by atomic mass is 32.1. The van der Waals surface area contributed by atoms with E-state index in [1.54, 1.807) is 61.8 Å². The van der Waals surface area contributed by atoms with Gasteiger partial charge in [-0.2, -0.15) is 0 Å². The Bertz CT molecular complexity index is 1480. The number of nitrogens with one attached hydrogen (secondary N) is 3. The number of amides is 1. The molecular weight excluding hydrogens is 478 g/mol. The number of rotatable bonds is 8. The molecule has 0 aliphatic heterocycles. The molecule has 0 aliphatic rings. The maximum atomic E-state index is 13.7. The highest BCUT2D eigenvalue weighted by Crippen LogP contribution is 2.33. The first kappa shape index (κ1) is 24.8. The summed E-state index contributed by atoms with van der Waals surface area (Å²) in [7, 11) is 3.16. The number of hydrogen-bond acceptors (Lipinski definition) is 7. The summed E-state index contributed by atoms with van der Waals surface area (Å²) in [5.41, 5.74) is -0.405. The third kappa shape index (κ3) is 4.89. The number of carbonyl (C=O) groups is 1. The summed E-state index contributed by atoms with van der Waals surface area (Å²) in [6.45, 7) is 1.98. The van der Waals surface area contributed by atoms with Crippen molar-refractivity contribution in [2.24, 2.45) is 0 Å². The molecule has 0 aliphatic carbocycles. The minimum Gasteiger partial charge on any atom is -0.505 e. The second-order valence-corrected chi connectivity index (χ2v) is 9.29. The molecule has 9 nitrogen and oxygen atoms in total. The normalized spacial score (nSPS) is 11.6. The van der Waals surface area contributed by atoms with Gasteiger partial charge in [0, 0.05) is 19.0 Å². The molecule has 10 heteroatoms. The summed E-state index contributed by atoms with van der Waals surface area (Å²) < 4.78 is 1.15. The van der Waals surface area contributed by atoms with Crippen LogP contribution in [0.3, 0.4) is 0 Å². The van der Waals surface area contributed by atoms with Crippen molar-refractivity contribution < 1.29 is 9.90 Å². The molecule has 1 amide bonds. The first-order chi connectivity index (χ1) is 17.3. The Morgan fingerprint density at radius 2 is 1.81 bits per heavy atom. The number of aromatic amines is 1. The molecule has 2 aromatic carbocycles. The van der Waals surface area contributed by atoms with Crippen molar-refractivity contribution in [2.75, 3.05) is 24.7 Å². The molecule has 4 rings (SSSR count). The lowest BCUT2D eigenvalue weighted by Crippen LogP contribution is -2.33. The zero-order chi connectivity index (χ0) is 25.8. The van der Waals surface area contributed by atoms with E-state index in [0.717, 1.165) is 9.56 Å². The van der Waals surface area contributed by atoms with Crippen LogP contribution in [-0.4, -0.2) is 39.8 Å². The lowest BCUT2D eigenvalue weighted by Gasteiger charge is -2.21. The van der Waals surface area contributed by atoms with Crippen molar-refractivity contribution in [1.82, 2.24) is 14.7 Å². The van der Waals surface area contributed by atoms with E-state index in [0.29, 0.717) is 12.1 Å². The Morgan fingerprint density at radius 3 is 2.44 bits per heavy atom.